The Morgan fingerprint density at radius 3 is 2.55 bits per heavy atom. The van der Waals surface area contributed by atoms with Gasteiger partial charge in [-0.15, -0.1) is 0 Å². The van der Waals surface area contributed by atoms with Crippen LogP contribution < -0.4 is 19.7 Å². The molecule has 148 valence electrons. The van der Waals surface area contributed by atoms with E-state index in [0.29, 0.717) is 14.6 Å². The van der Waals surface area contributed by atoms with Crippen LogP contribution in [-0.2, 0) is 0 Å². The van der Waals surface area contributed by atoms with Crippen molar-refractivity contribution in [3.05, 3.63) is 76.8 Å². The van der Waals surface area contributed by atoms with Crippen molar-refractivity contribution in [3.8, 4) is 22.6 Å². The summed E-state index contributed by atoms with van der Waals surface area (Å²) in [5.74, 6) is 1.54. The Morgan fingerprint density at radius 1 is 1.10 bits per heavy atom. The summed E-state index contributed by atoms with van der Waals surface area (Å²) in [6.45, 7) is 0. The fourth-order valence-electron chi connectivity index (χ4n) is 3.62. The fourth-order valence-corrected chi connectivity index (χ4v) is 3.93. The average molecular weight is 426 g/mol. The lowest BCUT2D eigenvalue weighted by Gasteiger charge is -2.32. The highest BCUT2D eigenvalue weighted by atomic mass is 35.5. The second-order valence-electron chi connectivity index (χ2n) is 7.45. The molecule has 0 aromatic heterocycles. The van der Waals surface area contributed by atoms with Crippen molar-refractivity contribution in [2.24, 2.45) is 5.73 Å². The van der Waals surface area contributed by atoms with Crippen molar-refractivity contribution < 1.29 is 9.47 Å². The predicted molar refractivity (Wildman–Crippen MR) is 123 cm³/mol. The summed E-state index contributed by atoms with van der Waals surface area (Å²) >= 11 is 11.6. The molecule has 0 aliphatic carbocycles. The second-order valence-corrected chi connectivity index (χ2v) is 8.30. The molecular weight excluding hydrogens is 404 g/mol. The number of fused-ring (bicyclic) bond motifs is 3. The van der Waals surface area contributed by atoms with E-state index in [9.17, 15) is 0 Å². The SMILES string of the molecule is COc1cccc2c1-c1ccc([N+](C)(C)C(N)=S)cc1C(c1cccc(Cl)c1)O2. The Bertz CT molecular complexity index is 1110. The normalized spacial score (nSPS) is 15.1. The maximum absolute atomic E-state index is 6.46. The molecule has 0 saturated heterocycles. The van der Waals surface area contributed by atoms with Crippen molar-refractivity contribution in [1.82, 2.24) is 4.48 Å². The van der Waals surface area contributed by atoms with Gasteiger partial charge in [-0.25, -0.2) is 4.48 Å². The third-order valence-corrected chi connectivity index (χ3v) is 6.08. The first-order valence-corrected chi connectivity index (χ1v) is 9.99. The first-order valence-electron chi connectivity index (χ1n) is 9.21. The molecule has 1 unspecified atom stereocenters. The number of methoxy groups -OCH3 is 1. The predicted octanol–water partition coefficient (Wildman–Crippen LogP) is 5.31. The standard InChI is InChI=1S/C23H21ClN2O2S/c1-26(2,23(25)29)16-10-11-17-18(13-16)22(14-6-4-7-15(24)12-14)28-20-9-5-8-19(27-3)21(17)20/h4-13,22H,1-3H3,(H-,25,29)/p+1. The van der Waals surface area contributed by atoms with E-state index in [1.165, 1.54) is 0 Å². The van der Waals surface area contributed by atoms with Gasteiger partial charge in [-0.2, -0.15) is 0 Å². The Morgan fingerprint density at radius 2 is 1.86 bits per heavy atom. The number of hydrogen-bond donors (Lipinski definition) is 1. The van der Waals surface area contributed by atoms with Crippen molar-refractivity contribution in [1.29, 1.82) is 0 Å². The maximum atomic E-state index is 6.46. The molecule has 2 N–H and O–H groups in total. The molecule has 4 nitrogen and oxygen atoms in total. The van der Waals surface area contributed by atoms with E-state index < -0.39 is 0 Å². The molecule has 3 aromatic rings. The van der Waals surface area contributed by atoms with E-state index in [0.717, 1.165) is 39.4 Å². The molecule has 0 saturated carbocycles. The Hall–Kier alpha value is -2.60. The van der Waals surface area contributed by atoms with Gasteiger partial charge in [0.2, 0.25) is 0 Å². The van der Waals surface area contributed by atoms with Gasteiger partial charge < -0.3 is 15.2 Å². The zero-order valence-corrected chi connectivity index (χ0v) is 18.1. The molecule has 3 aromatic carbocycles. The maximum Gasteiger partial charge on any atom is 0.272 e. The third kappa shape index (κ3) is 3.35. The molecule has 0 amide bonds. The van der Waals surface area contributed by atoms with Crippen LogP contribution in [-0.4, -0.2) is 26.3 Å². The average Bonchev–Trinajstić information content (AvgIpc) is 2.72. The van der Waals surface area contributed by atoms with Crippen LogP contribution in [0.1, 0.15) is 17.2 Å². The number of thiocarbonyl (C=S) groups is 1. The second kappa shape index (κ2) is 7.34. The monoisotopic (exact) mass is 425 g/mol. The van der Waals surface area contributed by atoms with Crippen molar-refractivity contribution in [2.45, 2.75) is 6.10 Å². The van der Waals surface area contributed by atoms with E-state index >= 15 is 0 Å². The molecule has 1 atom stereocenters. The van der Waals surface area contributed by atoms with Gasteiger partial charge >= 0.3 is 0 Å². The highest BCUT2D eigenvalue weighted by Crippen LogP contribution is 2.50. The topological polar surface area (TPSA) is 44.5 Å². The zero-order valence-electron chi connectivity index (χ0n) is 16.5. The summed E-state index contributed by atoms with van der Waals surface area (Å²) in [5.41, 5.74) is 11.0. The third-order valence-electron chi connectivity index (χ3n) is 5.39. The number of nitrogens with two attached hydrogens (primary N) is 1. The molecule has 0 bridgehead atoms. The van der Waals surface area contributed by atoms with E-state index in [2.05, 4.69) is 18.2 Å². The van der Waals surface area contributed by atoms with E-state index in [-0.39, 0.29) is 6.10 Å². The van der Waals surface area contributed by atoms with Crippen LogP contribution in [0.4, 0.5) is 5.69 Å². The van der Waals surface area contributed by atoms with Gasteiger partial charge in [-0.1, -0.05) is 29.8 Å². The van der Waals surface area contributed by atoms with E-state index in [1.807, 2.05) is 56.6 Å². The largest absolute Gasteiger partial charge is 0.496 e. The number of benzene rings is 3. The van der Waals surface area contributed by atoms with Gasteiger partial charge in [0.1, 0.15) is 23.3 Å². The molecule has 0 fully saturated rings. The van der Waals surface area contributed by atoms with Gasteiger partial charge in [0.25, 0.3) is 5.11 Å². The molecule has 6 heteroatoms. The van der Waals surface area contributed by atoms with Crippen LogP contribution in [0.3, 0.4) is 0 Å². The smallest absolute Gasteiger partial charge is 0.272 e. The molecular formula is C23H22ClN2O2S+. The number of quaternary nitrogens is 1. The highest BCUT2D eigenvalue weighted by Gasteiger charge is 2.33. The Balaban J connectivity index is 1.98. The van der Waals surface area contributed by atoms with Crippen molar-refractivity contribution >= 4 is 34.6 Å². The van der Waals surface area contributed by atoms with Crippen LogP contribution in [0.25, 0.3) is 11.1 Å². The van der Waals surface area contributed by atoms with Crippen molar-refractivity contribution in [3.63, 3.8) is 0 Å². The number of hydrogen-bond acceptors (Lipinski definition) is 3. The quantitative estimate of drug-likeness (QED) is 0.456. The van der Waals surface area contributed by atoms with Crippen LogP contribution in [0.2, 0.25) is 5.02 Å². The summed E-state index contributed by atoms with van der Waals surface area (Å²) in [7, 11) is 5.60. The van der Waals surface area contributed by atoms with Crippen LogP contribution >= 0.6 is 23.8 Å². The van der Waals surface area contributed by atoms with Crippen LogP contribution in [0, 0.1) is 0 Å². The number of nitrogens with zero attached hydrogens (tertiary/aromatic N) is 1. The lowest BCUT2D eigenvalue weighted by molar-refractivity contribution is 0.242. The minimum absolute atomic E-state index is 0.295. The first kappa shape index (κ1) is 19.7. The van der Waals surface area contributed by atoms with E-state index in [1.54, 1.807) is 7.11 Å². The Kier molecular flexibility index (Phi) is 4.99. The van der Waals surface area contributed by atoms with E-state index in [4.69, 9.17) is 39.0 Å². The minimum Gasteiger partial charge on any atom is -0.496 e. The fraction of sp³-hybridized carbons (Fsp3) is 0.174. The highest BCUT2D eigenvalue weighted by molar-refractivity contribution is 7.80. The van der Waals surface area contributed by atoms with Crippen LogP contribution in [0.5, 0.6) is 11.5 Å². The lowest BCUT2D eigenvalue weighted by atomic mass is 9.88. The Labute approximate surface area is 181 Å². The molecule has 0 radical (unpaired) electrons. The summed E-state index contributed by atoms with van der Waals surface area (Å²) in [6, 6.07) is 19.8. The molecule has 1 aliphatic rings. The number of ether oxygens (including phenoxy) is 2. The summed E-state index contributed by atoms with van der Waals surface area (Å²) in [5, 5.41) is 1.05. The summed E-state index contributed by atoms with van der Waals surface area (Å²) < 4.78 is 12.4. The van der Waals surface area contributed by atoms with Gasteiger partial charge in [-0.3, -0.25) is 0 Å². The molecule has 1 heterocycles. The van der Waals surface area contributed by atoms with Gasteiger partial charge in [-0.05, 0) is 41.5 Å². The van der Waals surface area contributed by atoms with Gasteiger partial charge in [0.15, 0.2) is 0 Å². The molecule has 29 heavy (non-hydrogen) atoms. The van der Waals surface area contributed by atoms with Crippen molar-refractivity contribution in [2.75, 3.05) is 21.2 Å². The molecule has 0 spiro atoms. The summed E-state index contributed by atoms with van der Waals surface area (Å²) in [6.07, 6.45) is -0.311. The first-order chi connectivity index (χ1) is 13.8. The van der Waals surface area contributed by atoms with Gasteiger partial charge in [0.05, 0.1) is 26.8 Å². The lowest BCUT2D eigenvalue weighted by Crippen LogP contribution is -2.50. The number of halogens is 1. The zero-order chi connectivity index (χ0) is 20.8. The van der Waals surface area contributed by atoms with Crippen LogP contribution in [0.15, 0.2) is 60.7 Å². The van der Waals surface area contributed by atoms with Gasteiger partial charge in [0, 0.05) is 34.9 Å². The summed E-state index contributed by atoms with van der Waals surface area (Å²) in [4.78, 5) is 0. The minimum atomic E-state index is -0.311. The molecule has 1 aliphatic heterocycles. The molecule has 4 rings (SSSR count). The number of rotatable bonds is 3.